The molecule has 1 saturated heterocycles. The number of aliphatic hydroxyl groups is 1. The number of Topliss-reactive ketones (excluding diaryl/α,β-unsaturated/α-hetero) is 1. The molecule has 2 N–H and O–H groups in total. The number of benzene rings is 3. The number of aryl methyl sites for hydroxylation is 4. The van der Waals surface area contributed by atoms with E-state index in [-0.39, 0.29) is 17.1 Å². The molecular weight excluding hydrogens is 430 g/mol. The molecule has 174 valence electrons. The third-order valence-electron chi connectivity index (χ3n) is 6.40. The monoisotopic (exact) mass is 457 g/mol. The van der Waals surface area contributed by atoms with Crippen LogP contribution >= 0.6 is 0 Å². The van der Waals surface area contributed by atoms with Crippen molar-refractivity contribution in [2.75, 3.05) is 12.0 Å². The molecule has 0 bridgehead atoms. The number of anilines is 1. The minimum absolute atomic E-state index is 0.000327. The van der Waals surface area contributed by atoms with Gasteiger partial charge in [-0.3, -0.25) is 14.5 Å². The number of phenols is 1. The zero-order valence-electron chi connectivity index (χ0n) is 19.8. The number of hydrogen-bond acceptors (Lipinski definition) is 5. The molecule has 3 aromatic rings. The number of hydrogen-bond donors (Lipinski definition) is 2. The Morgan fingerprint density at radius 3 is 2.26 bits per heavy atom. The van der Waals surface area contributed by atoms with Crippen molar-refractivity contribution in [3.8, 4) is 11.5 Å². The fraction of sp³-hybridized carbons (Fsp3) is 0.214. The number of aromatic hydroxyl groups is 1. The third kappa shape index (κ3) is 3.81. The molecule has 1 heterocycles. The highest BCUT2D eigenvalue weighted by Crippen LogP contribution is 2.43. The van der Waals surface area contributed by atoms with E-state index in [1.807, 2.05) is 32.9 Å². The minimum atomic E-state index is -0.906. The van der Waals surface area contributed by atoms with Crippen molar-refractivity contribution >= 4 is 23.1 Å². The van der Waals surface area contributed by atoms with E-state index in [0.29, 0.717) is 28.1 Å². The van der Waals surface area contributed by atoms with Gasteiger partial charge in [0, 0.05) is 11.3 Å². The van der Waals surface area contributed by atoms with Gasteiger partial charge in [-0.25, -0.2) is 0 Å². The summed E-state index contributed by atoms with van der Waals surface area (Å²) in [5.74, 6) is -1.12. The Hall–Kier alpha value is -4.06. The van der Waals surface area contributed by atoms with E-state index < -0.39 is 17.7 Å². The van der Waals surface area contributed by atoms with Gasteiger partial charge in [-0.15, -0.1) is 0 Å². The molecule has 0 saturated carbocycles. The summed E-state index contributed by atoms with van der Waals surface area (Å²) in [5, 5.41) is 21.6. The first-order valence-corrected chi connectivity index (χ1v) is 11.0. The van der Waals surface area contributed by atoms with Gasteiger partial charge in [0.05, 0.1) is 18.7 Å². The molecule has 34 heavy (non-hydrogen) atoms. The number of aliphatic hydroxyl groups excluding tert-OH is 1. The van der Waals surface area contributed by atoms with E-state index in [2.05, 4.69) is 0 Å². The molecule has 4 rings (SSSR count). The standard InChI is InChI=1S/C28H27NO5/c1-15-9-10-20(11-16(15)2)29-25(19-7-6-8-21(30)14-19)24(27(32)28(29)33)26(31)22-12-18(4)23(34-5)13-17(22)3/h6-14,25,30-31H,1-5H3/b26-24+. The van der Waals surface area contributed by atoms with Crippen LogP contribution in [0.1, 0.15) is 39.4 Å². The predicted octanol–water partition coefficient (Wildman–Crippen LogP) is 5.26. The number of carbonyl (C=O) groups excluding carboxylic acids is 2. The van der Waals surface area contributed by atoms with Crippen LogP contribution in [-0.2, 0) is 9.59 Å². The van der Waals surface area contributed by atoms with Gasteiger partial charge in [-0.2, -0.15) is 0 Å². The second-order valence-electron chi connectivity index (χ2n) is 8.67. The van der Waals surface area contributed by atoms with Crippen LogP contribution in [0.4, 0.5) is 5.69 Å². The van der Waals surface area contributed by atoms with Gasteiger partial charge in [0.15, 0.2) is 0 Å². The van der Waals surface area contributed by atoms with E-state index in [1.54, 1.807) is 44.4 Å². The summed E-state index contributed by atoms with van der Waals surface area (Å²) in [6.07, 6.45) is 0. The SMILES string of the molecule is COc1cc(C)c(/C(O)=C2\C(=O)C(=O)N(c3ccc(C)c(C)c3)C2c2cccc(O)c2)cc1C. The van der Waals surface area contributed by atoms with Crippen molar-refractivity contribution in [1.29, 1.82) is 0 Å². The van der Waals surface area contributed by atoms with Crippen molar-refractivity contribution in [1.82, 2.24) is 0 Å². The molecule has 1 amide bonds. The number of amides is 1. The number of methoxy groups -OCH3 is 1. The molecule has 0 spiro atoms. The van der Waals surface area contributed by atoms with Gasteiger partial charge >= 0.3 is 0 Å². The largest absolute Gasteiger partial charge is 0.508 e. The summed E-state index contributed by atoms with van der Waals surface area (Å²) >= 11 is 0. The first-order valence-electron chi connectivity index (χ1n) is 11.0. The van der Waals surface area contributed by atoms with E-state index in [0.717, 1.165) is 16.7 Å². The molecular formula is C28H27NO5. The van der Waals surface area contributed by atoms with E-state index in [9.17, 15) is 19.8 Å². The highest BCUT2D eigenvalue weighted by molar-refractivity contribution is 6.51. The summed E-state index contributed by atoms with van der Waals surface area (Å²) in [4.78, 5) is 28.1. The topological polar surface area (TPSA) is 87.1 Å². The van der Waals surface area contributed by atoms with Gasteiger partial charge in [0.1, 0.15) is 17.3 Å². The Balaban J connectivity index is 1.99. The molecule has 6 heteroatoms. The van der Waals surface area contributed by atoms with E-state index in [1.165, 1.54) is 17.0 Å². The number of ether oxygens (including phenoxy) is 1. The lowest BCUT2D eigenvalue weighted by Crippen LogP contribution is -2.29. The Labute approximate surface area is 198 Å². The molecule has 1 fully saturated rings. The summed E-state index contributed by atoms with van der Waals surface area (Å²) < 4.78 is 5.37. The fourth-order valence-corrected chi connectivity index (χ4v) is 4.39. The first kappa shape index (κ1) is 23.1. The maximum absolute atomic E-state index is 13.3. The smallest absolute Gasteiger partial charge is 0.300 e. The lowest BCUT2D eigenvalue weighted by atomic mass is 9.92. The summed E-state index contributed by atoms with van der Waals surface area (Å²) in [5.41, 5.74) is 4.98. The van der Waals surface area contributed by atoms with Crippen LogP contribution in [0.5, 0.6) is 11.5 Å². The number of rotatable bonds is 4. The molecule has 1 aliphatic heterocycles. The average molecular weight is 458 g/mol. The van der Waals surface area contributed by atoms with Crippen LogP contribution < -0.4 is 9.64 Å². The van der Waals surface area contributed by atoms with Crippen molar-refractivity contribution in [2.24, 2.45) is 0 Å². The maximum Gasteiger partial charge on any atom is 0.300 e. The molecule has 0 radical (unpaired) electrons. The van der Waals surface area contributed by atoms with Crippen LogP contribution in [0.25, 0.3) is 5.76 Å². The second-order valence-corrected chi connectivity index (χ2v) is 8.67. The van der Waals surface area contributed by atoms with Crippen LogP contribution in [0, 0.1) is 27.7 Å². The van der Waals surface area contributed by atoms with Crippen LogP contribution in [0.15, 0.2) is 60.2 Å². The Morgan fingerprint density at radius 1 is 0.882 bits per heavy atom. The van der Waals surface area contributed by atoms with Gasteiger partial charge in [-0.1, -0.05) is 18.2 Å². The number of carbonyl (C=O) groups is 2. The highest BCUT2D eigenvalue weighted by Gasteiger charge is 2.47. The zero-order valence-corrected chi connectivity index (χ0v) is 19.8. The van der Waals surface area contributed by atoms with Gasteiger partial charge < -0.3 is 14.9 Å². The minimum Gasteiger partial charge on any atom is -0.508 e. The first-order chi connectivity index (χ1) is 16.1. The summed E-state index contributed by atoms with van der Waals surface area (Å²) in [6.45, 7) is 7.55. The Kier molecular flexibility index (Phi) is 5.92. The lowest BCUT2D eigenvalue weighted by molar-refractivity contribution is -0.132. The highest BCUT2D eigenvalue weighted by atomic mass is 16.5. The van der Waals surface area contributed by atoms with Crippen LogP contribution in [0.2, 0.25) is 0 Å². The summed E-state index contributed by atoms with van der Waals surface area (Å²) in [7, 11) is 1.57. The van der Waals surface area contributed by atoms with E-state index >= 15 is 0 Å². The number of ketones is 1. The van der Waals surface area contributed by atoms with Gasteiger partial charge in [0.25, 0.3) is 11.7 Å². The van der Waals surface area contributed by atoms with Gasteiger partial charge in [0.2, 0.25) is 0 Å². The molecule has 3 aromatic carbocycles. The third-order valence-corrected chi connectivity index (χ3v) is 6.40. The van der Waals surface area contributed by atoms with Crippen molar-refractivity contribution in [2.45, 2.75) is 33.7 Å². The average Bonchev–Trinajstić information content (AvgIpc) is 3.07. The van der Waals surface area contributed by atoms with Crippen molar-refractivity contribution in [3.63, 3.8) is 0 Å². The quantitative estimate of drug-likeness (QED) is 0.317. The molecule has 0 aliphatic carbocycles. The molecule has 1 aliphatic rings. The zero-order chi connectivity index (χ0) is 24.7. The van der Waals surface area contributed by atoms with Gasteiger partial charge in [-0.05, 0) is 91.9 Å². The Bertz CT molecular complexity index is 1350. The fourth-order valence-electron chi connectivity index (χ4n) is 4.39. The molecule has 1 unspecified atom stereocenters. The molecule has 1 atom stereocenters. The maximum atomic E-state index is 13.3. The van der Waals surface area contributed by atoms with Crippen LogP contribution in [0.3, 0.4) is 0 Å². The Morgan fingerprint density at radius 2 is 1.62 bits per heavy atom. The van der Waals surface area contributed by atoms with Crippen LogP contribution in [-0.4, -0.2) is 29.0 Å². The lowest BCUT2D eigenvalue weighted by Gasteiger charge is -2.26. The number of phenolic OH excluding ortho intramolecular Hbond substituents is 1. The van der Waals surface area contributed by atoms with Crippen molar-refractivity contribution < 1.29 is 24.5 Å². The summed E-state index contributed by atoms with van der Waals surface area (Å²) in [6, 6.07) is 14.5. The van der Waals surface area contributed by atoms with E-state index in [4.69, 9.17) is 4.74 Å². The van der Waals surface area contributed by atoms with Crippen molar-refractivity contribution in [3.05, 3.63) is 93.6 Å². The predicted molar refractivity (Wildman–Crippen MR) is 131 cm³/mol. The number of nitrogens with zero attached hydrogens (tertiary/aromatic N) is 1. The second kappa shape index (κ2) is 8.71. The normalized spacial score (nSPS) is 17.3. The molecule has 6 nitrogen and oxygen atoms in total. The molecule has 0 aromatic heterocycles.